The van der Waals surface area contributed by atoms with Crippen LogP contribution in [-0.2, 0) is 19.0 Å². The minimum absolute atomic E-state index is 0.0407. The molecule has 4 bridgehead atoms. The van der Waals surface area contributed by atoms with Crippen LogP contribution in [0.4, 0.5) is 0 Å². The van der Waals surface area contributed by atoms with Crippen LogP contribution in [0, 0.1) is 29.6 Å². The normalized spacial score (nSPS) is 45.9. The Morgan fingerprint density at radius 3 is 2.76 bits per heavy atom. The Labute approximate surface area is 219 Å². The van der Waals surface area contributed by atoms with Gasteiger partial charge in [0.25, 0.3) is 0 Å². The van der Waals surface area contributed by atoms with Gasteiger partial charge in [0, 0.05) is 48.2 Å². The molecule has 0 aromatic heterocycles. The van der Waals surface area contributed by atoms with Gasteiger partial charge in [-0.15, -0.1) is 0 Å². The highest BCUT2D eigenvalue weighted by Crippen LogP contribution is 2.61. The third-order valence-corrected chi connectivity index (χ3v) is 9.32. The number of carbonyl (C=O) groups is 1. The lowest BCUT2D eigenvalue weighted by Gasteiger charge is -2.49. The molecule has 7 heteroatoms. The van der Waals surface area contributed by atoms with Crippen molar-refractivity contribution in [1.82, 2.24) is 0 Å². The zero-order valence-electron chi connectivity index (χ0n) is 22.0. The Kier molecular flexibility index (Phi) is 7.26. The maximum atomic E-state index is 13.0. The van der Waals surface area contributed by atoms with E-state index in [4.69, 9.17) is 14.2 Å². The minimum atomic E-state index is -0.930. The highest BCUT2D eigenvalue weighted by atomic mass is 16.6. The molecule has 1 saturated carbocycles. The van der Waals surface area contributed by atoms with Gasteiger partial charge in [-0.25, -0.2) is 4.79 Å². The number of rotatable bonds is 5. The lowest BCUT2D eigenvalue weighted by molar-refractivity contribution is -0.166. The molecule has 0 amide bonds. The van der Waals surface area contributed by atoms with Crippen molar-refractivity contribution in [3.05, 3.63) is 59.9 Å². The average Bonchev–Trinajstić information content (AvgIpc) is 3.46. The van der Waals surface area contributed by atoms with Gasteiger partial charge in [-0.3, -0.25) is 0 Å². The lowest BCUT2D eigenvalue weighted by atomic mass is 9.57. The molecule has 1 spiro atoms. The third-order valence-electron chi connectivity index (χ3n) is 9.32. The van der Waals surface area contributed by atoms with E-state index in [1.165, 1.54) is 0 Å². The molecule has 1 saturated heterocycles. The molecule has 5 rings (SSSR count). The Morgan fingerprint density at radius 1 is 1.30 bits per heavy atom. The van der Waals surface area contributed by atoms with E-state index in [0.29, 0.717) is 31.3 Å². The summed E-state index contributed by atoms with van der Waals surface area (Å²) in [7, 11) is 0. The molecule has 7 nitrogen and oxygen atoms in total. The first-order valence-electron chi connectivity index (χ1n) is 13.7. The Hall–Kier alpha value is -2.19. The van der Waals surface area contributed by atoms with Crippen molar-refractivity contribution in [1.29, 1.82) is 0 Å². The van der Waals surface area contributed by atoms with Crippen LogP contribution in [0.2, 0.25) is 0 Å². The standard InChI is InChI=1S/C30H40O7/c1-5-21-26(33)25-22-11-10-20-15-23(32)18(4)35-24(12-13-31)16(2)14-17(3)30(20,25)37-28(22)27(21)36-29(34)19-8-6-7-9-19/h6-8,10-11,14,16,20-28,31-33H,4-5,9,12-13,15H2,1-3H3/b17-14+/t16-,20-,21-,22?,23-,24?,25?,26?,27-,28-,30+/m1/s1. The van der Waals surface area contributed by atoms with Gasteiger partial charge >= 0.3 is 5.97 Å². The minimum Gasteiger partial charge on any atom is -0.492 e. The van der Waals surface area contributed by atoms with Crippen molar-refractivity contribution in [2.24, 2.45) is 29.6 Å². The molecular formula is C30H40O7. The van der Waals surface area contributed by atoms with Gasteiger partial charge in [-0.2, -0.15) is 0 Å². The SMILES string of the molecule is C=C1OC(CCO)[C@H](C)/C=C(\C)[C@]23O[C@@H]4C(C=C[C@@H]2C[C@H]1O)C3C(O)[C@@H](CC)[C@H]4OC(=O)C1=CC=CC1. The van der Waals surface area contributed by atoms with Crippen molar-refractivity contribution >= 4 is 5.97 Å². The smallest absolute Gasteiger partial charge is 0.334 e. The van der Waals surface area contributed by atoms with Gasteiger partial charge in [0.05, 0.1) is 6.10 Å². The van der Waals surface area contributed by atoms with Gasteiger partial charge in [-0.1, -0.05) is 56.9 Å². The van der Waals surface area contributed by atoms with Crippen molar-refractivity contribution in [2.75, 3.05) is 6.61 Å². The monoisotopic (exact) mass is 512 g/mol. The molecular weight excluding hydrogens is 472 g/mol. The predicted octanol–water partition coefficient (Wildman–Crippen LogP) is 3.37. The van der Waals surface area contributed by atoms with Gasteiger partial charge in [-0.05, 0) is 31.8 Å². The average molecular weight is 513 g/mol. The molecule has 2 heterocycles. The maximum Gasteiger partial charge on any atom is 0.334 e. The summed E-state index contributed by atoms with van der Waals surface area (Å²) in [6, 6.07) is 0. The van der Waals surface area contributed by atoms with Crippen LogP contribution >= 0.6 is 0 Å². The van der Waals surface area contributed by atoms with Gasteiger partial charge in [0.15, 0.2) is 0 Å². The summed E-state index contributed by atoms with van der Waals surface area (Å²) in [5, 5.41) is 32.6. The number of ether oxygens (including phenoxy) is 3. The largest absolute Gasteiger partial charge is 0.492 e. The van der Waals surface area contributed by atoms with Crippen LogP contribution < -0.4 is 0 Å². The highest BCUT2D eigenvalue weighted by molar-refractivity contribution is 5.90. The summed E-state index contributed by atoms with van der Waals surface area (Å²) in [5.41, 5.74) is 0.726. The molecule has 37 heavy (non-hydrogen) atoms. The summed E-state index contributed by atoms with van der Waals surface area (Å²) in [5.74, 6) is -1.01. The van der Waals surface area contributed by atoms with E-state index in [2.05, 4.69) is 24.8 Å². The fourth-order valence-corrected chi connectivity index (χ4v) is 7.47. The summed E-state index contributed by atoms with van der Waals surface area (Å²) in [4.78, 5) is 13.0. The second-order valence-corrected chi connectivity index (χ2v) is 11.3. The molecule has 3 aliphatic carbocycles. The Bertz CT molecular complexity index is 1040. The molecule has 0 aromatic rings. The van der Waals surface area contributed by atoms with E-state index < -0.39 is 30.0 Å². The van der Waals surface area contributed by atoms with Crippen LogP contribution in [0.25, 0.3) is 0 Å². The predicted molar refractivity (Wildman–Crippen MR) is 138 cm³/mol. The second kappa shape index (κ2) is 10.2. The van der Waals surface area contributed by atoms with E-state index >= 15 is 0 Å². The summed E-state index contributed by atoms with van der Waals surface area (Å²) >= 11 is 0. The maximum absolute atomic E-state index is 13.0. The molecule has 2 aliphatic heterocycles. The van der Waals surface area contributed by atoms with Crippen LogP contribution in [-0.4, -0.2) is 64.0 Å². The first-order valence-corrected chi connectivity index (χ1v) is 13.7. The molecule has 0 radical (unpaired) electrons. The van der Waals surface area contributed by atoms with Crippen LogP contribution in [0.5, 0.6) is 0 Å². The van der Waals surface area contributed by atoms with Crippen molar-refractivity contribution in [3.8, 4) is 0 Å². The number of carbonyl (C=O) groups excluding carboxylic acids is 1. The topological polar surface area (TPSA) is 105 Å². The van der Waals surface area contributed by atoms with E-state index in [1.54, 1.807) is 6.08 Å². The summed E-state index contributed by atoms with van der Waals surface area (Å²) in [6.45, 7) is 10.0. The molecule has 2 fully saturated rings. The van der Waals surface area contributed by atoms with E-state index in [0.717, 1.165) is 5.57 Å². The number of esters is 1. The number of hydrogen-bond acceptors (Lipinski definition) is 7. The van der Waals surface area contributed by atoms with Crippen molar-refractivity contribution in [2.45, 2.75) is 82.6 Å². The number of allylic oxidation sites excluding steroid dienone is 3. The van der Waals surface area contributed by atoms with Crippen LogP contribution in [0.1, 0.15) is 46.5 Å². The number of hydrogen-bond donors (Lipinski definition) is 3. The fraction of sp³-hybridized carbons (Fsp3) is 0.633. The second-order valence-electron chi connectivity index (χ2n) is 11.3. The molecule has 11 atom stereocenters. The Balaban J connectivity index is 1.56. The highest BCUT2D eigenvalue weighted by Gasteiger charge is 2.69. The Morgan fingerprint density at radius 2 is 2.08 bits per heavy atom. The van der Waals surface area contributed by atoms with Crippen LogP contribution in [0.15, 0.2) is 59.9 Å². The van der Waals surface area contributed by atoms with Crippen molar-refractivity contribution < 1.29 is 34.3 Å². The van der Waals surface area contributed by atoms with Gasteiger partial charge in [0.2, 0.25) is 0 Å². The molecule has 4 unspecified atom stereocenters. The zero-order valence-corrected chi connectivity index (χ0v) is 22.0. The van der Waals surface area contributed by atoms with Gasteiger partial charge < -0.3 is 29.5 Å². The summed E-state index contributed by atoms with van der Waals surface area (Å²) < 4.78 is 19.1. The number of aliphatic hydroxyl groups is 3. The van der Waals surface area contributed by atoms with E-state index in [-0.39, 0.29) is 54.0 Å². The quantitative estimate of drug-likeness (QED) is 0.383. The van der Waals surface area contributed by atoms with Crippen molar-refractivity contribution in [3.63, 3.8) is 0 Å². The zero-order chi connectivity index (χ0) is 26.5. The molecule has 0 aromatic carbocycles. The first-order chi connectivity index (χ1) is 17.7. The fourth-order valence-electron chi connectivity index (χ4n) is 7.47. The molecule has 3 N–H and O–H groups in total. The lowest BCUT2D eigenvalue weighted by Crippen LogP contribution is -2.57. The summed E-state index contributed by atoms with van der Waals surface area (Å²) in [6.07, 6.45) is 10.8. The third kappa shape index (κ3) is 4.24. The number of aliphatic hydroxyl groups excluding tert-OH is 3. The van der Waals surface area contributed by atoms with E-state index in [9.17, 15) is 20.1 Å². The molecule has 5 aliphatic rings. The first kappa shape index (κ1) is 26.4. The molecule has 202 valence electrons. The van der Waals surface area contributed by atoms with E-state index in [1.807, 2.05) is 32.9 Å². The van der Waals surface area contributed by atoms with Crippen LogP contribution in [0.3, 0.4) is 0 Å². The van der Waals surface area contributed by atoms with Gasteiger partial charge in [0.1, 0.15) is 35.8 Å².